The highest BCUT2D eigenvalue weighted by Crippen LogP contribution is 2.31. The second-order valence-corrected chi connectivity index (χ2v) is 8.22. The van der Waals surface area contributed by atoms with Crippen molar-refractivity contribution in [3.05, 3.63) is 45.1 Å². The number of hydrogen-bond acceptors (Lipinski definition) is 5. The number of carbonyl (C=O) groups is 1. The lowest BCUT2D eigenvalue weighted by Crippen LogP contribution is -2.46. The Morgan fingerprint density at radius 1 is 1.34 bits per heavy atom. The molecule has 9 heteroatoms. The first-order chi connectivity index (χ1) is 13.8. The van der Waals surface area contributed by atoms with Crippen LogP contribution < -0.4 is 5.32 Å². The summed E-state index contributed by atoms with van der Waals surface area (Å²) in [5, 5.41) is 14.8. The number of amides is 2. The molecule has 158 valence electrons. The molecule has 2 fully saturated rings. The number of nitro groups is 1. The third kappa shape index (κ3) is 5.39. The number of nitrogens with one attached hydrogen (secondary N) is 1. The van der Waals surface area contributed by atoms with Crippen LogP contribution in [0.25, 0.3) is 5.57 Å². The summed E-state index contributed by atoms with van der Waals surface area (Å²) >= 11 is 6.13. The Balaban J connectivity index is 1.65. The molecule has 2 heterocycles. The molecule has 0 radical (unpaired) electrons. The van der Waals surface area contributed by atoms with Gasteiger partial charge < -0.3 is 20.0 Å². The molecule has 0 spiro atoms. The normalized spacial score (nSPS) is 18.8. The fourth-order valence-electron chi connectivity index (χ4n) is 4.07. The van der Waals surface area contributed by atoms with Crippen LogP contribution in [-0.2, 0) is 0 Å². The maximum absolute atomic E-state index is 11.9. The monoisotopic (exact) mass is 421 g/mol. The van der Waals surface area contributed by atoms with Crippen molar-refractivity contribution in [1.29, 1.82) is 0 Å². The van der Waals surface area contributed by atoms with E-state index in [0.29, 0.717) is 23.0 Å². The summed E-state index contributed by atoms with van der Waals surface area (Å²) < 4.78 is 0. The minimum absolute atomic E-state index is 0.0490. The van der Waals surface area contributed by atoms with Crippen molar-refractivity contribution in [3.63, 3.8) is 0 Å². The van der Waals surface area contributed by atoms with Crippen LogP contribution in [0.15, 0.2) is 24.4 Å². The molecule has 0 saturated carbocycles. The second-order valence-electron chi connectivity index (χ2n) is 7.78. The highest BCUT2D eigenvalue weighted by molar-refractivity contribution is 6.30. The summed E-state index contributed by atoms with van der Waals surface area (Å²) in [4.78, 5) is 29.2. The first kappa shape index (κ1) is 21.4. The SMILES string of the molecule is CN(C)/C=C(/CCN1CCC(N2CCNC2=O)CC1)c1cc(Cl)ccc1[N+](=O)[O-]. The van der Waals surface area contributed by atoms with E-state index in [1.165, 1.54) is 6.07 Å². The largest absolute Gasteiger partial charge is 0.383 e. The van der Waals surface area contributed by atoms with Crippen LogP contribution in [0.4, 0.5) is 10.5 Å². The minimum Gasteiger partial charge on any atom is -0.383 e. The number of benzene rings is 1. The minimum atomic E-state index is -0.359. The van der Waals surface area contributed by atoms with Gasteiger partial charge in [-0.25, -0.2) is 4.79 Å². The molecule has 2 aliphatic rings. The fraction of sp³-hybridized carbons (Fsp3) is 0.550. The number of piperidine rings is 1. The third-order valence-corrected chi connectivity index (χ3v) is 5.74. The summed E-state index contributed by atoms with van der Waals surface area (Å²) in [6, 6.07) is 5.05. The number of urea groups is 1. The molecule has 0 atom stereocenters. The van der Waals surface area contributed by atoms with Gasteiger partial charge in [-0.1, -0.05) is 11.6 Å². The van der Waals surface area contributed by atoms with E-state index in [-0.39, 0.29) is 16.6 Å². The molecule has 0 bridgehead atoms. The Kier molecular flexibility index (Phi) is 6.97. The number of rotatable bonds is 7. The number of nitro benzene ring substituents is 1. The Hall–Kier alpha value is -2.32. The summed E-state index contributed by atoms with van der Waals surface area (Å²) in [6.07, 6.45) is 4.53. The van der Waals surface area contributed by atoms with Crippen LogP contribution in [0.2, 0.25) is 5.02 Å². The van der Waals surface area contributed by atoms with Gasteiger partial charge in [0.05, 0.1) is 10.5 Å². The van der Waals surface area contributed by atoms with Crippen molar-refractivity contribution in [2.75, 3.05) is 46.8 Å². The van der Waals surface area contributed by atoms with Gasteiger partial charge in [0.25, 0.3) is 5.69 Å². The van der Waals surface area contributed by atoms with Crippen LogP contribution in [0, 0.1) is 10.1 Å². The van der Waals surface area contributed by atoms with E-state index in [0.717, 1.165) is 51.1 Å². The average Bonchev–Trinajstić information content (AvgIpc) is 3.11. The molecular formula is C20H28ClN5O3. The van der Waals surface area contributed by atoms with Gasteiger partial charge >= 0.3 is 6.03 Å². The van der Waals surface area contributed by atoms with Gasteiger partial charge in [-0.05, 0) is 37.0 Å². The third-order valence-electron chi connectivity index (χ3n) is 5.50. The first-order valence-corrected chi connectivity index (χ1v) is 10.3. The number of halogens is 1. The van der Waals surface area contributed by atoms with Gasteiger partial charge in [-0.2, -0.15) is 0 Å². The molecule has 0 aliphatic carbocycles. The first-order valence-electron chi connectivity index (χ1n) is 9.93. The Morgan fingerprint density at radius 2 is 2.07 bits per heavy atom. The van der Waals surface area contributed by atoms with E-state index < -0.39 is 0 Å². The number of carbonyl (C=O) groups excluding carboxylic acids is 1. The highest BCUT2D eigenvalue weighted by atomic mass is 35.5. The second kappa shape index (κ2) is 9.45. The predicted octanol–water partition coefficient (Wildman–Crippen LogP) is 3.03. The molecule has 0 aromatic heterocycles. The van der Waals surface area contributed by atoms with E-state index in [9.17, 15) is 14.9 Å². The van der Waals surface area contributed by atoms with Crippen molar-refractivity contribution in [1.82, 2.24) is 20.0 Å². The smallest absolute Gasteiger partial charge is 0.317 e. The van der Waals surface area contributed by atoms with E-state index in [4.69, 9.17) is 11.6 Å². The van der Waals surface area contributed by atoms with Crippen LogP contribution in [0.3, 0.4) is 0 Å². The van der Waals surface area contributed by atoms with Gasteiger partial charge in [-0.3, -0.25) is 10.1 Å². The highest BCUT2D eigenvalue weighted by Gasteiger charge is 2.30. The maximum Gasteiger partial charge on any atom is 0.317 e. The lowest BCUT2D eigenvalue weighted by molar-refractivity contribution is -0.385. The standard InChI is InChI=1S/C20H28ClN5O3/c1-23(2)14-15(18-13-16(21)3-4-19(18)26(28)29)5-9-24-10-6-17(7-11-24)25-12-8-22-20(25)27/h3-4,13-14,17H,5-12H2,1-2H3,(H,22,27)/b15-14-. The van der Waals surface area contributed by atoms with E-state index in [1.54, 1.807) is 12.1 Å². The van der Waals surface area contributed by atoms with Crippen molar-refractivity contribution in [2.45, 2.75) is 25.3 Å². The molecule has 2 amide bonds. The number of likely N-dealkylation sites (tertiary alicyclic amines) is 1. The molecule has 2 saturated heterocycles. The summed E-state index contributed by atoms with van der Waals surface area (Å²) in [6.45, 7) is 4.17. The van der Waals surface area contributed by atoms with E-state index in [1.807, 2.05) is 30.1 Å². The van der Waals surface area contributed by atoms with Crippen LogP contribution >= 0.6 is 11.6 Å². The predicted molar refractivity (Wildman–Crippen MR) is 114 cm³/mol. The molecule has 3 rings (SSSR count). The molecule has 0 unspecified atom stereocenters. The molecule has 1 N–H and O–H groups in total. The molecule has 29 heavy (non-hydrogen) atoms. The molecular weight excluding hydrogens is 394 g/mol. The Labute approximate surface area is 176 Å². The maximum atomic E-state index is 11.9. The van der Waals surface area contributed by atoms with Gasteiger partial charge in [0, 0.05) is 70.1 Å². The van der Waals surface area contributed by atoms with Gasteiger partial charge in [0.1, 0.15) is 0 Å². The topological polar surface area (TPSA) is 82.0 Å². The molecule has 2 aliphatic heterocycles. The molecule has 1 aromatic rings. The fourth-order valence-corrected chi connectivity index (χ4v) is 4.25. The van der Waals surface area contributed by atoms with Crippen molar-refractivity contribution < 1.29 is 9.72 Å². The van der Waals surface area contributed by atoms with E-state index >= 15 is 0 Å². The van der Waals surface area contributed by atoms with E-state index in [2.05, 4.69) is 10.2 Å². The lowest BCUT2D eigenvalue weighted by Gasteiger charge is -2.36. The van der Waals surface area contributed by atoms with Gasteiger partial charge in [-0.15, -0.1) is 0 Å². The quantitative estimate of drug-likeness (QED) is 0.540. The van der Waals surface area contributed by atoms with Crippen molar-refractivity contribution >= 4 is 28.9 Å². The average molecular weight is 422 g/mol. The molecule has 1 aromatic carbocycles. The Bertz CT molecular complexity index is 790. The van der Waals surface area contributed by atoms with Crippen molar-refractivity contribution in [2.24, 2.45) is 0 Å². The van der Waals surface area contributed by atoms with Crippen molar-refractivity contribution in [3.8, 4) is 0 Å². The zero-order valence-corrected chi connectivity index (χ0v) is 17.7. The van der Waals surface area contributed by atoms with Gasteiger partial charge in [0.15, 0.2) is 0 Å². The van der Waals surface area contributed by atoms with Crippen LogP contribution in [-0.4, -0.2) is 78.5 Å². The summed E-state index contributed by atoms with van der Waals surface area (Å²) in [7, 11) is 3.81. The number of nitrogens with zero attached hydrogens (tertiary/aromatic N) is 4. The van der Waals surface area contributed by atoms with Gasteiger partial charge in [0.2, 0.25) is 0 Å². The Morgan fingerprint density at radius 3 is 2.66 bits per heavy atom. The zero-order chi connectivity index (χ0) is 21.0. The molecule has 8 nitrogen and oxygen atoms in total. The zero-order valence-electron chi connectivity index (χ0n) is 16.9. The number of hydrogen-bond donors (Lipinski definition) is 1. The van der Waals surface area contributed by atoms with Crippen LogP contribution in [0.5, 0.6) is 0 Å². The van der Waals surface area contributed by atoms with Crippen LogP contribution in [0.1, 0.15) is 24.8 Å². The summed E-state index contributed by atoms with van der Waals surface area (Å²) in [5.41, 5.74) is 1.53. The summed E-state index contributed by atoms with van der Waals surface area (Å²) in [5.74, 6) is 0. The lowest BCUT2D eigenvalue weighted by atomic mass is 9.99.